The lowest BCUT2D eigenvalue weighted by Gasteiger charge is -2.16. The molecule has 1 saturated heterocycles. The van der Waals surface area contributed by atoms with Crippen LogP contribution in [-0.4, -0.2) is 57.0 Å². The summed E-state index contributed by atoms with van der Waals surface area (Å²) in [6.07, 6.45) is -5.76. The quantitative estimate of drug-likeness (QED) is 0.375. The number of halogens is 1. The van der Waals surface area contributed by atoms with E-state index in [1.54, 1.807) is 0 Å². The number of hydrogen-bond acceptors (Lipinski definition) is 7. The molecule has 1 aliphatic rings. The molecule has 0 aliphatic carbocycles. The lowest BCUT2D eigenvalue weighted by atomic mass is 10.1. The van der Waals surface area contributed by atoms with E-state index >= 15 is 0 Å². The van der Waals surface area contributed by atoms with Crippen molar-refractivity contribution in [3.63, 3.8) is 0 Å². The zero-order chi connectivity index (χ0) is 13.3. The highest BCUT2D eigenvalue weighted by atomic mass is 19.1. The zero-order valence-electron chi connectivity index (χ0n) is 9.06. The molecule has 5 N–H and O–H groups in total. The standard InChI is InChI=1S/C9H12FN3O5/c10-4-5(14)6(7(11)15)17-9(4)18-8(16)3-1-12-2-13-3/h1-2,4-7,9,14-15H,11H2,(H,12,13)/t4-,5-,6-,7?,9-/m0/s1. The molecule has 0 amide bonds. The average Bonchev–Trinajstić information content (AvgIpc) is 2.92. The third-order valence-corrected chi connectivity index (χ3v) is 2.49. The molecular weight excluding hydrogens is 249 g/mol. The minimum absolute atomic E-state index is 0.0111. The third-order valence-electron chi connectivity index (χ3n) is 2.49. The van der Waals surface area contributed by atoms with Crippen LogP contribution in [0, 0.1) is 0 Å². The van der Waals surface area contributed by atoms with Crippen molar-refractivity contribution in [3.8, 4) is 0 Å². The van der Waals surface area contributed by atoms with Gasteiger partial charge in [0.2, 0.25) is 6.29 Å². The summed E-state index contributed by atoms with van der Waals surface area (Å²) in [6.45, 7) is 0. The van der Waals surface area contributed by atoms with E-state index in [2.05, 4.69) is 14.7 Å². The fraction of sp³-hybridized carbons (Fsp3) is 0.556. The van der Waals surface area contributed by atoms with Gasteiger partial charge in [0.25, 0.3) is 0 Å². The maximum absolute atomic E-state index is 13.5. The Morgan fingerprint density at radius 1 is 1.72 bits per heavy atom. The van der Waals surface area contributed by atoms with Gasteiger partial charge in [-0.1, -0.05) is 0 Å². The number of alkyl halides is 1. The van der Waals surface area contributed by atoms with Gasteiger partial charge in [-0.25, -0.2) is 14.2 Å². The average molecular weight is 261 g/mol. The summed E-state index contributed by atoms with van der Waals surface area (Å²) in [6, 6.07) is 0. The maximum Gasteiger partial charge on any atom is 0.358 e. The number of esters is 1. The van der Waals surface area contributed by atoms with E-state index in [-0.39, 0.29) is 5.69 Å². The number of hydrogen-bond donors (Lipinski definition) is 4. The zero-order valence-corrected chi connectivity index (χ0v) is 9.06. The predicted octanol–water partition coefficient (Wildman–Crippen LogP) is -1.73. The van der Waals surface area contributed by atoms with E-state index in [4.69, 9.17) is 15.6 Å². The second kappa shape index (κ2) is 4.98. The first-order valence-corrected chi connectivity index (χ1v) is 5.11. The van der Waals surface area contributed by atoms with Gasteiger partial charge in [0.05, 0.1) is 12.5 Å². The van der Waals surface area contributed by atoms with Crippen LogP contribution < -0.4 is 5.73 Å². The molecule has 1 aromatic rings. The first-order valence-electron chi connectivity index (χ1n) is 5.11. The molecular formula is C9H12FN3O5. The first-order chi connectivity index (χ1) is 8.50. The van der Waals surface area contributed by atoms with Gasteiger partial charge < -0.3 is 30.4 Å². The van der Waals surface area contributed by atoms with Crippen LogP contribution in [0.25, 0.3) is 0 Å². The van der Waals surface area contributed by atoms with Gasteiger partial charge in [-0.15, -0.1) is 0 Å². The highest BCUT2D eigenvalue weighted by molar-refractivity contribution is 5.86. The van der Waals surface area contributed by atoms with Crippen LogP contribution in [0.2, 0.25) is 0 Å². The van der Waals surface area contributed by atoms with Gasteiger partial charge in [0.1, 0.15) is 24.1 Å². The molecule has 1 unspecified atom stereocenters. The largest absolute Gasteiger partial charge is 0.428 e. The molecule has 9 heteroatoms. The molecule has 8 nitrogen and oxygen atoms in total. The molecule has 18 heavy (non-hydrogen) atoms. The molecule has 0 aromatic carbocycles. The number of H-pyrrole nitrogens is 1. The van der Waals surface area contributed by atoms with Gasteiger partial charge in [-0.2, -0.15) is 0 Å². The van der Waals surface area contributed by atoms with E-state index in [0.717, 1.165) is 0 Å². The molecule has 1 aliphatic heterocycles. The summed E-state index contributed by atoms with van der Waals surface area (Å²) in [5, 5.41) is 18.4. The minimum Gasteiger partial charge on any atom is -0.428 e. The van der Waals surface area contributed by atoms with E-state index in [0.29, 0.717) is 0 Å². The third kappa shape index (κ3) is 2.34. The van der Waals surface area contributed by atoms with E-state index < -0.39 is 36.9 Å². The molecule has 100 valence electrons. The number of imidazole rings is 1. The van der Waals surface area contributed by atoms with Crippen molar-refractivity contribution >= 4 is 5.97 Å². The Kier molecular flexibility index (Phi) is 3.57. The van der Waals surface area contributed by atoms with Crippen molar-refractivity contribution in [2.45, 2.75) is 30.9 Å². The lowest BCUT2D eigenvalue weighted by Crippen LogP contribution is -2.42. The molecule has 0 spiro atoms. The van der Waals surface area contributed by atoms with Crippen molar-refractivity contribution in [2.75, 3.05) is 0 Å². The second-order valence-corrected chi connectivity index (χ2v) is 3.77. The number of nitrogens with zero attached hydrogens (tertiary/aromatic N) is 1. The molecule has 0 saturated carbocycles. The Balaban J connectivity index is 2.00. The van der Waals surface area contributed by atoms with Crippen LogP contribution in [0.4, 0.5) is 4.39 Å². The summed E-state index contributed by atoms with van der Waals surface area (Å²) in [4.78, 5) is 17.5. The van der Waals surface area contributed by atoms with E-state index in [1.165, 1.54) is 12.5 Å². The smallest absolute Gasteiger partial charge is 0.358 e. The number of aliphatic hydroxyl groups excluding tert-OH is 2. The van der Waals surface area contributed by atoms with Crippen LogP contribution in [0.3, 0.4) is 0 Å². The van der Waals surface area contributed by atoms with Crippen molar-refractivity contribution in [2.24, 2.45) is 5.73 Å². The van der Waals surface area contributed by atoms with Crippen molar-refractivity contribution in [1.82, 2.24) is 9.97 Å². The summed E-state index contributed by atoms with van der Waals surface area (Å²) in [5.41, 5.74) is 5.10. The number of carbonyl (C=O) groups excluding carboxylic acids is 1. The fourth-order valence-corrected chi connectivity index (χ4v) is 1.56. The summed E-state index contributed by atoms with van der Waals surface area (Å²) in [7, 11) is 0. The fourth-order valence-electron chi connectivity index (χ4n) is 1.56. The summed E-state index contributed by atoms with van der Waals surface area (Å²) in [5.74, 6) is -0.889. The highest BCUT2D eigenvalue weighted by Crippen LogP contribution is 2.26. The monoisotopic (exact) mass is 261 g/mol. The summed E-state index contributed by atoms with van der Waals surface area (Å²) < 4.78 is 23.1. The van der Waals surface area contributed by atoms with Crippen molar-refractivity contribution < 1.29 is 28.9 Å². The van der Waals surface area contributed by atoms with E-state index in [1.807, 2.05) is 0 Å². The second-order valence-electron chi connectivity index (χ2n) is 3.77. The maximum atomic E-state index is 13.5. The van der Waals surface area contributed by atoms with Crippen molar-refractivity contribution in [3.05, 3.63) is 18.2 Å². The Bertz CT molecular complexity index is 412. The number of carbonyl (C=O) groups is 1. The topological polar surface area (TPSA) is 131 Å². The number of rotatable bonds is 3. The van der Waals surface area contributed by atoms with Gasteiger partial charge in [0.15, 0.2) is 6.17 Å². The van der Waals surface area contributed by atoms with Gasteiger partial charge >= 0.3 is 5.97 Å². The van der Waals surface area contributed by atoms with Crippen LogP contribution in [0.15, 0.2) is 12.5 Å². The molecule has 2 heterocycles. The van der Waals surface area contributed by atoms with Crippen LogP contribution in [0.1, 0.15) is 10.5 Å². The van der Waals surface area contributed by atoms with Crippen LogP contribution in [0.5, 0.6) is 0 Å². The Morgan fingerprint density at radius 2 is 2.44 bits per heavy atom. The predicted molar refractivity (Wildman–Crippen MR) is 53.8 cm³/mol. The lowest BCUT2D eigenvalue weighted by molar-refractivity contribution is -0.142. The highest BCUT2D eigenvalue weighted by Gasteiger charge is 2.48. The molecule has 1 aromatic heterocycles. The van der Waals surface area contributed by atoms with Crippen molar-refractivity contribution in [1.29, 1.82) is 0 Å². The SMILES string of the molecule is NC(O)[C@H]1O[C@@H](OC(=O)c2cnc[nH]2)[C@@H](F)[C@@H]1O. The normalized spacial score (nSPS) is 33.3. The number of aromatic nitrogens is 2. The molecule has 0 bridgehead atoms. The van der Waals surface area contributed by atoms with Crippen LogP contribution in [-0.2, 0) is 9.47 Å². The Labute approximate surface area is 101 Å². The Hall–Kier alpha value is -1.55. The molecule has 0 radical (unpaired) electrons. The number of aliphatic hydroxyl groups is 2. The number of nitrogens with two attached hydrogens (primary N) is 1. The van der Waals surface area contributed by atoms with E-state index in [9.17, 15) is 14.3 Å². The van der Waals surface area contributed by atoms with Gasteiger partial charge in [0, 0.05) is 0 Å². The summed E-state index contributed by atoms with van der Waals surface area (Å²) >= 11 is 0. The Morgan fingerprint density at radius 3 is 2.94 bits per heavy atom. The number of aromatic amines is 1. The molecule has 1 fully saturated rings. The molecule has 5 atom stereocenters. The molecule has 2 rings (SSSR count). The first kappa shape index (κ1) is 12.9. The number of ether oxygens (including phenoxy) is 2. The number of nitrogens with one attached hydrogen (secondary N) is 1. The minimum atomic E-state index is -1.99. The van der Waals surface area contributed by atoms with Gasteiger partial charge in [-0.05, 0) is 0 Å². The van der Waals surface area contributed by atoms with Crippen LogP contribution >= 0.6 is 0 Å². The van der Waals surface area contributed by atoms with Gasteiger partial charge in [-0.3, -0.25) is 0 Å².